The van der Waals surface area contributed by atoms with Crippen LogP contribution in [-0.2, 0) is 16.1 Å². The smallest absolute Gasteiger partial charge is 0.327 e. The number of carbonyl (C=O) groups is 1. The Hall–Kier alpha value is -1.56. The summed E-state index contributed by atoms with van der Waals surface area (Å²) in [6.45, 7) is 5.71. The molecule has 1 aliphatic heterocycles. The van der Waals surface area contributed by atoms with E-state index in [1.165, 1.54) is 0 Å². The number of anilines is 1. The molecule has 1 saturated heterocycles. The second kappa shape index (κ2) is 6.93. The van der Waals surface area contributed by atoms with E-state index in [0.717, 1.165) is 30.6 Å². The van der Waals surface area contributed by atoms with Gasteiger partial charge >= 0.3 is 5.97 Å². The van der Waals surface area contributed by atoms with Crippen LogP contribution in [0.1, 0.15) is 26.7 Å². The van der Waals surface area contributed by atoms with Gasteiger partial charge in [0.25, 0.3) is 5.56 Å². The van der Waals surface area contributed by atoms with E-state index in [4.69, 9.17) is 16.3 Å². The van der Waals surface area contributed by atoms with Crippen molar-refractivity contribution in [2.24, 2.45) is 5.92 Å². The van der Waals surface area contributed by atoms with Gasteiger partial charge in [-0.1, -0.05) is 18.5 Å². The average Bonchev–Trinajstić information content (AvgIpc) is 2.46. The van der Waals surface area contributed by atoms with E-state index >= 15 is 0 Å². The largest absolute Gasteiger partial charge is 0.465 e. The van der Waals surface area contributed by atoms with Crippen molar-refractivity contribution in [1.29, 1.82) is 0 Å². The maximum Gasteiger partial charge on any atom is 0.327 e. The summed E-state index contributed by atoms with van der Waals surface area (Å²) in [5.41, 5.74) is 0.189. The molecule has 6 nitrogen and oxygen atoms in total. The maximum atomic E-state index is 12.2. The molecule has 116 valence electrons. The molecule has 1 aliphatic rings. The Labute approximate surface area is 128 Å². The van der Waals surface area contributed by atoms with Gasteiger partial charge in [-0.15, -0.1) is 0 Å². The van der Waals surface area contributed by atoms with E-state index in [2.05, 4.69) is 16.9 Å². The molecule has 0 aliphatic carbocycles. The molecule has 0 unspecified atom stereocenters. The minimum atomic E-state index is -0.497. The number of hydrogen-bond donors (Lipinski definition) is 0. The summed E-state index contributed by atoms with van der Waals surface area (Å²) in [7, 11) is 0. The van der Waals surface area contributed by atoms with Gasteiger partial charge in [0.15, 0.2) is 0 Å². The van der Waals surface area contributed by atoms with Gasteiger partial charge in [0.1, 0.15) is 11.6 Å². The van der Waals surface area contributed by atoms with Crippen molar-refractivity contribution < 1.29 is 9.53 Å². The molecule has 0 spiro atoms. The lowest BCUT2D eigenvalue weighted by Crippen LogP contribution is -2.36. The fourth-order valence-corrected chi connectivity index (χ4v) is 2.63. The van der Waals surface area contributed by atoms with Gasteiger partial charge in [0.2, 0.25) is 0 Å². The number of esters is 1. The first-order chi connectivity index (χ1) is 10.0. The highest BCUT2D eigenvalue weighted by Gasteiger charge is 2.21. The Balaban J connectivity index is 2.17. The molecule has 2 heterocycles. The van der Waals surface area contributed by atoms with E-state index in [1.807, 2.05) is 0 Å². The third-order valence-corrected chi connectivity index (χ3v) is 4.03. The Morgan fingerprint density at radius 1 is 1.48 bits per heavy atom. The average molecular weight is 314 g/mol. The first-order valence-electron chi connectivity index (χ1n) is 7.19. The molecule has 7 heteroatoms. The number of aromatic nitrogens is 2. The van der Waals surface area contributed by atoms with Gasteiger partial charge in [0.05, 0.1) is 18.5 Å². The van der Waals surface area contributed by atoms with Crippen molar-refractivity contribution in [1.82, 2.24) is 9.78 Å². The van der Waals surface area contributed by atoms with Gasteiger partial charge in [-0.05, 0) is 25.7 Å². The lowest BCUT2D eigenvalue weighted by Gasteiger charge is -2.32. The predicted octanol–water partition coefficient (Wildman–Crippen LogP) is 1.70. The van der Waals surface area contributed by atoms with Crippen LogP contribution in [0.4, 0.5) is 5.69 Å². The molecule has 0 saturated carbocycles. The van der Waals surface area contributed by atoms with Crippen LogP contribution in [-0.4, -0.2) is 35.4 Å². The summed E-state index contributed by atoms with van der Waals surface area (Å²) < 4.78 is 5.84. The zero-order valence-electron chi connectivity index (χ0n) is 12.3. The van der Waals surface area contributed by atoms with Gasteiger partial charge in [-0.3, -0.25) is 9.59 Å². The molecular weight excluding hydrogens is 294 g/mol. The van der Waals surface area contributed by atoms with Crippen molar-refractivity contribution in [3.8, 4) is 0 Å². The fourth-order valence-electron chi connectivity index (χ4n) is 2.37. The van der Waals surface area contributed by atoms with Crippen molar-refractivity contribution in [3.63, 3.8) is 0 Å². The van der Waals surface area contributed by atoms with Crippen LogP contribution >= 0.6 is 11.6 Å². The molecule has 0 aromatic carbocycles. The van der Waals surface area contributed by atoms with Gasteiger partial charge < -0.3 is 9.64 Å². The van der Waals surface area contributed by atoms with Gasteiger partial charge in [0, 0.05) is 13.1 Å². The van der Waals surface area contributed by atoms with Crippen molar-refractivity contribution in [2.75, 3.05) is 24.6 Å². The Bertz CT molecular complexity index is 565. The van der Waals surface area contributed by atoms with Crippen LogP contribution in [0.3, 0.4) is 0 Å². The fraction of sp³-hybridized carbons (Fsp3) is 0.643. The molecule has 2 rings (SSSR count). The van der Waals surface area contributed by atoms with Crippen LogP contribution in [0.5, 0.6) is 0 Å². The Kier molecular flexibility index (Phi) is 5.22. The number of nitrogens with zero attached hydrogens (tertiary/aromatic N) is 3. The second-order valence-electron chi connectivity index (χ2n) is 5.28. The molecular formula is C14H20ClN3O3. The monoisotopic (exact) mass is 313 g/mol. The summed E-state index contributed by atoms with van der Waals surface area (Å²) in [5.74, 6) is 0.194. The second-order valence-corrected chi connectivity index (χ2v) is 5.66. The molecule has 21 heavy (non-hydrogen) atoms. The third kappa shape index (κ3) is 3.75. The summed E-state index contributed by atoms with van der Waals surface area (Å²) in [4.78, 5) is 25.7. The number of ether oxygens (including phenoxy) is 1. The Morgan fingerprint density at radius 2 is 2.14 bits per heavy atom. The van der Waals surface area contributed by atoms with Gasteiger partial charge in [-0.2, -0.15) is 5.10 Å². The SMILES string of the molecule is CCOC(=O)Cn1ncc(N2CCC(C)CC2)c(Cl)c1=O. The quantitative estimate of drug-likeness (QED) is 0.792. The maximum absolute atomic E-state index is 12.2. The molecule has 1 fully saturated rings. The standard InChI is InChI=1S/C14H20ClN3O3/c1-3-21-12(19)9-18-14(20)13(15)11(8-16-18)17-6-4-10(2)5-7-17/h8,10H,3-7,9H2,1-2H3. The van der Waals surface area contributed by atoms with Crippen LogP contribution in [0.15, 0.2) is 11.0 Å². The zero-order chi connectivity index (χ0) is 15.4. The van der Waals surface area contributed by atoms with Crippen LogP contribution in [0.2, 0.25) is 5.02 Å². The highest BCUT2D eigenvalue weighted by atomic mass is 35.5. The van der Waals surface area contributed by atoms with Crippen LogP contribution in [0.25, 0.3) is 0 Å². The van der Waals surface area contributed by atoms with Crippen LogP contribution in [0, 0.1) is 5.92 Å². The molecule has 0 radical (unpaired) electrons. The first kappa shape index (κ1) is 15.8. The minimum Gasteiger partial charge on any atom is -0.465 e. The molecule has 0 atom stereocenters. The molecule has 0 bridgehead atoms. The molecule has 1 aromatic rings. The predicted molar refractivity (Wildman–Crippen MR) is 80.8 cm³/mol. The number of piperidine rings is 1. The van der Waals surface area contributed by atoms with Crippen molar-refractivity contribution in [3.05, 3.63) is 21.6 Å². The van der Waals surface area contributed by atoms with Gasteiger partial charge in [-0.25, -0.2) is 4.68 Å². The van der Waals surface area contributed by atoms with E-state index in [-0.39, 0.29) is 18.2 Å². The van der Waals surface area contributed by atoms with E-state index in [9.17, 15) is 9.59 Å². The summed E-state index contributed by atoms with van der Waals surface area (Å²) in [6, 6.07) is 0. The third-order valence-electron chi connectivity index (χ3n) is 3.67. The summed E-state index contributed by atoms with van der Waals surface area (Å²) in [5, 5.41) is 4.15. The van der Waals surface area contributed by atoms with E-state index in [1.54, 1.807) is 13.1 Å². The zero-order valence-corrected chi connectivity index (χ0v) is 13.1. The number of rotatable bonds is 4. The lowest BCUT2D eigenvalue weighted by atomic mass is 9.99. The molecule has 0 amide bonds. The van der Waals surface area contributed by atoms with Crippen molar-refractivity contribution in [2.45, 2.75) is 33.2 Å². The van der Waals surface area contributed by atoms with E-state index < -0.39 is 11.5 Å². The highest BCUT2D eigenvalue weighted by molar-refractivity contribution is 6.33. The number of carbonyl (C=O) groups excluding carboxylic acids is 1. The summed E-state index contributed by atoms with van der Waals surface area (Å²) >= 11 is 6.16. The number of hydrogen-bond acceptors (Lipinski definition) is 5. The topological polar surface area (TPSA) is 64.4 Å². The Morgan fingerprint density at radius 3 is 2.76 bits per heavy atom. The lowest BCUT2D eigenvalue weighted by molar-refractivity contribution is -0.144. The first-order valence-corrected chi connectivity index (χ1v) is 7.57. The highest BCUT2D eigenvalue weighted by Crippen LogP contribution is 2.26. The number of halogens is 1. The normalized spacial score (nSPS) is 16.0. The van der Waals surface area contributed by atoms with E-state index in [0.29, 0.717) is 11.6 Å². The van der Waals surface area contributed by atoms with Crippen molar-refractivity contribution >= 4 is 23.3 Å². The minimum absolute atomic E-state index is 0.115. The summed E-state index contributed by atoms with van der Waals surface area (Å²) in [6.07, 6.45) is 3.70. The molecule has 1 aromatic heterocycles. The van der Waals surface area contributed by atoms with Crippen LogP contribution < -0.4 is 10.5 Å². The molecule has 0 N–H and O–H groups in total.